The molecule has 2 rings (SSSR count). The molecule has 0 aromatic rings. The van der Waals surface area contributed by atoms with Crippen molar-refractivity contribution in [3.05, 3.63) is 25.3 Å². The number of amides is 1. The lowest BCUT2D eigenvalue weighted by Gasteiger charge is -2.22. The average Bonchev–Trinajstić information content (AvgIpc) is 3.42. The lowest BCUT2D eigenvalue weighted by atomic mass is 10.2. The Hall–Kier alpha value is -2.35. The molecule has 4 atom stereocenters. The molecule has 0 heterocycles. The number of ether oxygens (including phenoxy) is 2. The van der Waals surface area contributed by atoms with Crippen LogP contribution in [-0.4, -0.2) is 46.4 Å². The van der Waals surface area contributed by atoms with Crippen LogP contribution in [0.15, 0.2) is 25.3 Å². The first-order valence-corrected chi connectivity index (χ1v) is 8.82. The summed E-state index contributed by atoms with van der Waals surface area (Å²) < 4.78 is 9.80. The van der Waals surface area contributed by atoms with Crippen molar-refractivity contribution in [2.45, 2.75) is 57.2 Å². The van der Waals surface area contributed by atoms with Gasteiger partial charge >= 0.3 is 18.0 Å². The van der Waals surface area contributed by atoms with E-state index in [-0.39, 0.29) is 17.8 Å². The molecule has 0 aromatic heterocycles. The molecule has 1 amide bonds. The Morgan fingerprint density at radius 3 is 2.11 bits per heavy atom. The van der Waals surface area contributed by atoms with E-state index >= 15 is 0 Å². The van der Waals surface area contributed by atoms with Crippen molar-refractivity contribution in [1.82, 2.24) is 5.32 Å². The van der Waals surface area contributed by atoms with E-state index < -0.39 is 28.7 Å². The third-order valence-corrected chi connectivity index (χ3v) is 4.40. The van der Waals surface area contributed by atoms with Gasteiger partial charge in [-0.15, -0.1) is 13.2 Å². The van der Waals surface area contributed by atoms with Crippen molar-refractivity contribution in [2.24, 2.45) is 17.6 Å². The molecular weight excluding hydrogens is 352 g/mol. The van der Waals surface area contributed by atoms with E-state index in [1.807, 2.05) is 0 Å². The smallest absolute Gasteiger partial charge is 0.408 e. The Morgan fingerprint density at radius 1 is 1.22 bits per heavy atom. The van der Waals surface area contributed by atoms with Crippen LogP contribution in [0, 0.1) is 11.8 Å². The van der Waals surface area contributed by atoms with Gasteiger partial charge < -0.3 is 25.6 Å². The zero-order chi connectivity index (χ0) is 21.0. The van der Waals surface area contributed by atoms with E-state index in [1.54, 1.807) is 33.8 Å². The highest BCUT2D eigenvalue weighted by Gasteiger charge is 2.60. The van der Waals surface area contributed by atoms with Crippen molar-refractivity contribution >= 4 is 18.0 Å². The molecule has 2 fully saturated rings. The summed E-state index contributed by atoms with van der Waals surface area (Å²) in [6, 6.07) is 0. The first kappa shape index (κ1) is 22.7. The van der Waals surface area contributed by atoms with Gasteiger partial charge in [0.2, 0.25) is 0 Å². The minimum atomic E-state index is -1.22. The lowest BCUT2D eigenvalue weighted by Crippen LogP contribution is -2.46. The fourth-order valence-electron chi connectivity index (χ4n) is 2.60. The van der Waals surface area contributed by atoms with E-state index in [0.29, 0.717) is 19.4 Å². The molecule has 0 radical (unpaired) electrons. The Morgan fingerprint density at radius 2 is 1.78 bits per heavy atom. The summed E-state index contributed by atoms with van der Waals surface area (Å²) >= 11 is 0. The number of carbonyl (C=O) groups excluding carboxylic acids is 2. The summed E-state index contributed by atoms with van der Waals surface area (Å²) in [6.45, 7) is 14.4. The van der Waals surface area contributed by atoms with Gasteiger partial charge in [0.15, 0.2) is 0 Å². The highest BCUT2D eigenvalue weighted by atomic mass is 16.6. The number of rotatable bonds is 6. The standard InChI is InChI=1S/C11H17NO4.C8H13NO2/c1-5-7-6-11(7,8(13)14)12-9(15)16-10(2,3)4;1-3-6-5-8(6,9)7(10)11-4-2/h5,7H,1,6H2,2-4H3,(H,12,15)(H,13,14);3,6H,1,4-5,9H2,2H3/t7-,11-;6-,8-/m11/s1. The second-order valence-corrected chi connectivity index (χ2v) is 7.76. The highest BCUT2D eigenvalue weighted by molar-refractivity contribution is 5.88. The molecular formula is C19H30N2O6. The minimum absolute atomic E-state index is 0.113. The zero-order valence-corrected chi connectivity index (χ0v) is 16.4. The van der Waals surface area contributed by atoms with Gasteiger partial charge in [0.05, 0.1) is 6.61 Å². The average molecular weight is 382 g/mol. The maximum absolute atomic E-state index is 11.4. The number of carboxylic acids is 1. The number of nitrogens with one attached hydrogen (secondary N) is 1. The molecule has 2 aliphatic rings. The van der Waals surface area contributed by atoms with Crippen LogP contribution >= 0.6 is 0 Å². The number of nitrogens with two attached hydrogens (primary N) is 1. The maximum atomic E-state index is 11.4. The molecule has 27 heavy (non-hydrogen) atoms. The van der Waals surface area contributed by atoms with Crippen molar-refractivity contribution in [3.8, 4) is 0 Å². The lowest BCUT2D eigenvalue weighted by molar-refractivity contribution is -0.146. The van der Waals surface area contributed by atoms with Crippen LogP contribution in [0.4, 0.5) is 4.79 Å². The molecule has 0 aromatic carbocycles. The fourth-order valence-corrected chi connectivity index (χ4v) is 2.60. The third-order valence-electron chi connectivity index (χ3n) is 4.40. The van der Waals surface area contributed by atoms with Gasteiger partial charge in [0, 0.05) is 11.8 Å². The SMILES string of the molecule is C=C[C@@H]1C[C@]1(N)C(=O)OCC.C=C[C@@H]1C[C@]1(NC(=O)OC(C)(C)C)C(=O)O. The number of alkyl carbamates (subject to hydrolysis) is 1. The summed E-state index contributed by atoms with van der Waals surface area (Å²) in [6.07, 6.45) is 3.57. The Bertz CT molecular complexity index is 626. The molecule has 4 N–H and O–H groups in total. The van der Waals surface area contributed by atoms with Crippen molar-refractivity contribution in [2.75, 3.05) is 6.61 Å². The van der Waals surface area contributed by atoms with Crippen molar-refractivity contribution in [1.29, 1.82) is 0 Å². The van der Waals surface area contributed by atoms with Gasteiger partial charge in [0.25, 0.3) is 0 Å². The minimum Gasteiger partial charge on any atom is -0.479 e. The van der Waals surface area contributed by atoms with Gasteiger partial charge in [-0.3, -0.25) is 4.79 Å². The monoisotopic (exact) mass is 382 g/mol. The normalized spacial score (nSPS) is 30.7. The van der Waals surface area contributed by atoms with E-state index in [4.69, 9.17) is 20.3 Å². The van der Waals surface area contributed by atoms with Crippen LogP contribution in [0.25, 0.3) is 0 Å². The molecule has 8 nitrogen and oxygen atoms in total. The zero-order valence-electron chi connectivity index (χ0n) is 16.4. The van der Waals surface area contributed by atoms with Crippen LogP contribution in [0.5, 0.6) is 0 Å². The van der Waals surface area contributed by atoms with E-state index in [2.05, 4.69) is 18.5 Å². The molecule has 0 bridgehead atoms. The van der Waals surface area contributed by atoms with Crippen LogP contribution in [0.3, 0.4) is 0 Å². The summed E-state index contributed by atoms with van der Waals surface area (Å²) in [5.74, 6) is -1.47. The number of carbonyl (C=O) groups is 3. The summed E-state index contributed by atoms with van der Waals surface area (Å²) in [7, 11) is 0. The Balaban J connectivity index is 0.000000289. The molecule has 8 heteroatoms. The molecule has 2 aliphatic carbocycles. The predicted molar refractivity (Wildman–Crippen MR) is 99.9 cm³/mol. The van der Waals surface area contributed by atoms with Gasteiger partial charge in [-0.2, -0.15) is 0 Å². The van der Waals surface area contributed by atoms with Crippen molar-refractivity contribution < 1.29 is 29.0 Å². The molecule has 152 valence electrons. The van der Waals surface area contributed by atoms with Crippen LogP contribution in [-0.2, 0) is 19.1 Å². The molecule has 2 saturated carbocycles. The second kappa shape index (κ2) is 8.12. The molecule has 0 saturated heterocycles. The topological polar surface area (TPSA) is 128 Å². The van der Waals surface area contributed by atoms with Crippen LogP contribution in [0.2, 0.25) is 0 Å². The molecule has 0 aliphatic heterocycles. The predicted octanol–water partition coefficient (Wildman–Crippen LogP) is 1.99. The fraction of sp³-hybridized carbons (Fsp3) is 0.632. The maximum Gasteiger partial charge on any atom is 0.408 e. The quantitative estimate of drug-likeness (QED) is 0.473. The van der Waals surface area contributed by atoms with Gasteiger partial charge in [-0.05, 0) is 40.5 Å². The number of esters is 1. The van der Waals surface area contributed by atoms with Gasteiger partial charge in [0.1, 0.15) is 16.7 Å². The van der Waals surface area contributed by atoms with Crippen LogP contribution < -0.4 is 11.1 Å². The molecule has 0 spiro atoms. The first-order chi connectivity index (χ1) is 12.4. The summed E-state index contributed by atoms with van der Waals surface area (Å²) in [5, 5.41) is 11.4. The number of aliphatic carboxylic acids is 1. The Labute approximate surface area is 159 Å². The number of hydrogen-bond acceptors (Lipinski definition) is 6. The third kappa shape index (κ3) is 5.56. The van der Waals surface area contributed by atoms with E-state index in [9.17, 15) is 14.4 Å². The van der Waals surface area contributed by atoms with Gasteiger partial charge in [-0.25, -0.2) is 9.59 Å². The van der Waals surface area contributed by atoms with E-state index in [0.717, 1.165) is 0 Å². The van der Waals surface area contributed by atoms with Crippen molar-refractivity contribution in [3.63, 3.8) is 0 Å². The first-order valence-electron chi connectivity index (χ1n) is 8.82. The number of carboxylic acid groups (broad SMARTS) is 1. The second-order valence-electron chi connectivity index (χ2n) is 7.76. The Kier molecular flexibility index (Phi) is 6.83. The highest BCUT2D eigenvalue weighted by Crippen LogP contribution is 2.44. The van der Waals surface area contributed by atoms with Crippen LogP contribution in [0.1, 0.15) is 40.5 Å². The number of hydrogen-bond donors (Lipinski definition) is 3. The summed E-state index contributed by atoms with van der Waals surface area (Å²) in [4.78, 5) is 33.6. The largest absolute Gasteiger partial charge is 0.479 e. The van der Waals surface area contributed by atoms with Gasteiger partial charge in [-0.1, -0.05) is 12.2 Å². The summed E-state index contributed by atoms with van der Waals surface area (Å²) in [5.41, 5.74) is 3.08. The van der Waals surface area contributed by atoms with E-state index in [1.165, 1.54) is 6.08 Å². The molecule has 0 unspecified atom stereocenters.